The van der Waals surface area contributed by atoms with Crippen molar-refractivity contribution in [2.75, 3.05) is 26.2 Å². The molecule has 0 unspecified atom stereocenters. The largest absolute Gasteiger partial charge is 0.339 e. The molecule has 0 aromatic carbocycles. The molecule has 0 saturated carbocycles. The second-order valence-corrected chi connectivity index (χ2v) is 5.09. The van der Waals surface area contributed by atoms with Gasteiger partial charge >= 0.3 is 0 Å². The molecule has 1 rings (SSSR count). The van der Waals surface area contributed by atoms with Crippen LogP contribution < -0.4 is 5.73 Å². The van der Waals surface area contributed by atoms with Crippen LogP contribution in [0.25, 0.3) is 0 Å². The highest BCUT2D eigenvalue weighted by Crippen LogP contribution is 2.08. The van der Waals surface area contributed by atoms with Crippen molar-refractivity contribution in [2.45, 2.75) is 33.2 Å². The van der Waals surface area contributed by atoms with E-state index in [9.17, 15) is 9.59 Å². The molecule has 0 spiro atoms. The Hall–Kier alpha value is -1.10. The van der Waals surface area contributed by atoms with E-state index in [4.69, 9.17) is 5.73 Å². The van der Waals surface area contributed by atoms with Crippen LogP contribution in [0.2, 0.25) is 0 Å². The normalized spacial score (nSPS) is 18.4. The fourth-order valence-electron chi connectivity index (χ4n) is 1.94. The lowest BCUT2D eigenvalue weighted by molar-refractivity contribution is -0.140. The van der Waals surface area contributed by atoms with Crippen LogP contribution in [0.3, 0.4) is 0 Å². The second-order valence-electron chi connectivity index (χ2n) is 5.09. The third kappa shape index (κ3) is 4.00. The summed E-state index contributed by atoms with van der Waals surface area (Å²) in [5, 5.41) is 0. The molecule has 98 valence electrons. The van der Waals surface area contributed by atoms with Crippen molar-refractivity contribution in [3.8, 4) is 0 Å². The van der Waals surface area contributed by atoms with Crippen molar-refractivity contribution in [3.63, 3.8) is 0 Å². The van der Waals surface area contributed by atoms with Crippen LogP contribution in [0.15, 0.2) is 0 Å². The fourth-order valence-corrected chi connectivity index (χ4v) is 1.94. The molecule has 1 atom stereocenters. The Morgan fingerprint density at radius 1 is 1.06 bits per heavy atom. The van der Waals surface area contributed by atoms with Gasteiger partial charge in [0.1, 0.15) is 0 Å². The summed E-state index contributed by atoms with van der Waals surface area (Å²) in [7, 11) is 0. The third-order valence-electron chi connectivity index (χ3n) is 2.92. The maximum Gasteiger partial charge on any atom is 0.239 e. The van der Waals surface area contributed by atoms with Gasteiger partial charge in [0.2, 0.25) is 11.8 Å². The standard InChI is InChI=1S/C12H23N3O2/c1-9(2)8-11(16)14-4-6-15(7-5-14)12(17)10(3)13/h9-10H,4-8,13H2,1-3H3/t10-/m1/s1. The van der Waals surface area contributed by atoms with E-state index >= 15 is 0 Å². The molecule has 1 saturated heterocycles. The summed E-state index contributed by atoms with van der Waals surface area (Å²) in [4.78, 5) is 27.0. The van der Waals surface area contributed by atoms with E-state index in [1.54, 1.807) is 11.8 Å². The molecule has 0 bridgehead atoms. The van der Waals surface area contributed by atoms with Gasteiger partial charge in [0, 0.05) is 32.6 Å². The summed E-state index contributed by atoms with van der Waals surface area (Å²) in [6, 6.07) is -0.451. The molecule has 1 heterocycles. The van der Waals surface area contributed by atoms with Crippen molar-refractivity contribution < 1.29 is 9.59 Å². The van der Waals surface area contributed by atoms with Gasteiger partial charge in [-0.15, -0.1) is 0 Å². The van der Waals surface area contributed by atoms with Gasteiger partial charge in [0.05, 0.1) is 6.04 Å². The number of amides is 2. The van der Waals surface area contributed by atoms with Gasteiger partial charge in [-0.1, -0.05) is 13.8 Å². The van der Waals surface area contributed by atoms with Crippen molar-refractivity contribution >= 4 is 11.8 Å². The van der Waals surface area contributed by atoms with Gasteiger partial charge in [-0.25, -0.2) is 0 Å². The lowest BCUT2D eigenvalue weighted by Gasteiger charge is -2.35. The highest BCUT2D eigenvalue weighted by Gasteiger charge is 2.25. The molecular formula is C12H23N3O2. The zero-order chi connectivity index (χ0) is 13.0. The topological polar surface area (TPSA) is 66.6 Å². The summed E-state index contributed by atoms with van der Waals surface area (Å²) in [5.74, 6) is 0.542. The SMILES string of the molecule is CC(C)CC(=O)N1CCN(C(=O)[C@@H](C)N)CC1. The van der Waals surface area contributed by atoms with Gasteiger partial charge < -0.3 is 15.5 Å². The van der Waals surface area contributed by atoms with Crippen LogP contribution in [0.1, 0.15) is 27.2 Å². The first-order valence-corrected chi connectivity index (χ1v) is 6.24. The molecule has 1 aliphatic heterocycles. The minimum atomic E-state index is -0.451. The monoisotopic (exact) mass is 241 g/mol. The lowest BCUT2D eigenvalue weighted by Crippen LogP contribution is -2.53. The van der Waals surface area contributed by atoms with Crippen LogP contribution in [-0.4, -0.2) is 53.8 Å². The third-order valence-corrected chi connectivity index (χ3v) is 2.92. The molecule has 0 radical (unpaired) electrons. The average molecular weight is 241 g/mol. The molecule has 0 aromatic heterocycles. The molecule has 2 N–H and O–H groups in total. The number of carbonyl (C=O) groups excluding carboxylic acids is 2. The first kappa shape index (κ1) is 14.0. The number of hydrogen-bond acceptors (Lipinski definition) is 3. The molecule has 5 nitrogen and oxygen atoms in total. The van der Waals surface area contributed by atoms with E-state index in [2.05, 4.69) is 0 Å². The van der Waals surface area contributed by atoms with E-state index in [0.717, 1.165) is 0 Å². The first-order chi connectivity index (χ1) is 7.91. The van der Waals surface area contributed by atoms with Crippen molar-refractivity contribution in [2.24, 2.45) is 11.7 Å². The van der Waals surface area contributed by atoms with Crippen LogP contribution in [0.4, 0.5) is 0 Å². The average Bonchev–Trinajstić information content (AvgIpc) is 2.27. The van der Waals surface area contributed by atoms with E-state index in [1.165, 1.54) is 0 Å². The summed E-state index contributed by atoms with van der Waals surface area (Å²) in [6.45, 7) is 8.22. The van der Waals surface area contributed by atoms with Crippen molar-refractivity contribution in [1.29, 1.82) is 0 Å². The second kappa shape index (κ2) is 6.00. The van der Waals surface area contributed by atoms with Crippen LogP contribution >= 0.6 is 0 Å². The van der Waals surface area contributed by atoms with Crippen molar-refractivity contribution in [1.82, 2.24) is 9.80 Å². The summed E-state index contributed by atoms with van der Waals surface area (Å²) in [5.41, 5.74) is 5.56. The Labute approximate surface area is 103 Å². The molecular weight excluding hydrogens is 218 g/mol. The Morgan fingerprint density at radius 2 is 1.53 bits per heavy atom. The zero-order valence-electron chi connectivity index (χ0n) is 11.0. The Balaban J connectivity index is 2.40. The first-order valence-electron chi connectivity index (χ1n) is 6.24. The van der Waals surface area contributed by atoms with Gasteiger partial charge in [-0.2, -0.15) is 0 Å². The molecule has 5 heteroatoms. The van der Waals surface area contributed by atoms with Crippen LogP contribution in [0, 0.1) is 5.92 Å². The van der Waals surface area contributed by atoms with Crippen LogP contribution in [-0.2, 0) is 9.59 Å². The highest BCUT2D eigenvalue weighted by atomic mass is 16.2. The Morgan fingerprint density at radius 3 is 1.94 bits per heavy atom. The smallest absolute Gasteiger partial charge is 0.239 e. The Kier molecular flexibility index (Phi) is 4.93. The maximum absolute atomic E-state index is 11.8. The van der Waals surface area contributed by atoms with Crippen molar-refractivity contribution in [3.05, 3.63) is 0 Å². The fraction of sp³-hybridized carbons (Fsp3) is 0.833. The number of nitrogens with zero attached hydrogens (tertiary/aromatic N) is 2. The van der Waals surface area contributed by atoms with E-state index in [-0.39, 0.29) is 11.8 Å². The molecule has 0 aliphatic carbocycles. The van der Waals surface area contributed by atoms with E-state index in [1.807, 2.05) is 18.7 Å². The summed E-state index contributed by atoms with van der Waals surface area (Å²) < 4.78 is 0. The minimum absolute atomic E-state index is 0.0269. The van der Waals surface area contributed by atoms with Gasteiger partial charge in [-0.05, 0) is 12.8 Å². The van der Waals surface area contributed by atoms with Gasteiger partial charge in [-0.3, -0.25) is 9.59 Å². The number of rotatable bonds is 3. The zero-order valence-corrected chi connectivity index (χ0v) is 11.0. The summed E-state index contributed by atoms with van der Waals surface area (Å²) >= 11 is 0. The predicted octanol–water partition coefficient (Wildman–Crippen LogP) is 0.0505. The molecule has 0 aromatic rings. The highest BCUT2D eigenvalue weighted by molar-refractivity contribution is 5.82. The summed E-state index contributed by atoms with van der Waals surface area (Å²) in [6.07, 6.45) is 0.585. The van der Waals surface area contributed by atoms with Crippen LogP contribution in [0.5, 0.6) is 0 Å². The Bertz CT molecular complexity index is 281. The molecule has 17 heavy (non-hydrogen) atoms. The minimum Gasteiger partial charge on any atom is -0.339 e. The van der Waals surface area contributed by atoms with Gasteiger partial charge in [0.25, 0.3) is 0 Å². The number of hydrogen-bond donors (Lipinski definition) is 1. The van der Waals surface area contributed by atoms with Gasteiger partial charge in [0.15, 0.2) is 0 Å². The lowest BCUT2D eigenvalue weighted by atomic mass is 10.1. The van der Waals surface area contributed by atoms with E-state index < -0.39 is 6.04 Å². The molecule has 2 amide bonds. The quantitative estimate of drug-likeness (QED) is 0.759. The molecule has 1 aliphatic rings. The number of piperazine rings is 1. The van der Waals surface area contributed by atoms with E-state index in [0.29, 0.717) is 38.5 Å². The maximum atomic E-state index is 11.8. The predicted molar refractivity (Wildman–Crippen MR) is 66.3 cm³/mol. The number of nitrogens with two attached hydrogens (primary N) is 1. The molecule has 1 fully saturated rings. The number of carbonyl (C=O) groups is 2.